The van der Waals surface area contributed by atoms with Gasteiger partial charge in [0.15, 0.2) is 11.2 Å². The number of para-hydroxylation sites is 1. The lowest BCUT2D eigenvalue weighted by atomic mass is 10.2. The van der Waals surface area contributed by atoms with Crippen molar-refractivity contribution in [2.45, 2.75) is 6.10 Å². The monoisotopic (exact) mass is 363 g/mol. The normalized spacial score (nSPS) is 12.2. The van der Waals surface area contributed by atoms with Gasteiger partial charge in [0.25, 0.3) is 5.91 Å². The van der Waals surface area contributed by atoms with Crippen LogP contribution in [-0.2, 0) is 4.74 Å². The summed E-state index contributed by atoms with van der Waals surface area (Å²) in [5, 5.41) is 3.16. The minimum Gasteiger partial charge on any atom is -0.451 e. The smallest absolute Gasteiger partial charge is 0.287 e. The minimum absolute atomic E-state index is 0.0298. The Bertz CT molecular complexity index is 933. The largest absolute Gasteiger partial charge is 0.451 e. The van der Waals surface area contributed by atoms with Crippen molar-refractivity contribution in [1.29, 1.82) is 0 Å². The summed E-state index contributed by atoms with van der Waals surface area (Å²) in [6, 6.07) is 11.6. The number of carbonyl (C=O) groups excluding carboxylic acids is 1. The maximum Gasteiger partial charge on any atom is 0.287 e. The Hall–Kier alpha value is -2.15. The number of thiophene rings is 1. The number of benzene rings is 1. The molecule has 0 fully saturated rings. The molecule has 124 valence electrons. The van der Waals surface area contributed by atoms with Gasteiger partial charge in [0.2, 0.25) is 0 Å². The summed E-state index contributed by atoms with van der Waals surface area (Å²) in [4.78, 5) is 25.2. The fourth-order valence-electron chi connectivity index (χ4n) is 2.29. The van der Waals surface area contributed by atoms with Crippen LogP contribution in [0.5, 0.6) is 0 Å². The predicted molar refractivity (Wildman–Crippen MR) is 93.9 cm³/mol. The minimum atomic E-state index is -0.470. The van der Waals surface area contributed by atoms with E-state index in [4.69, 9.17) is 20.8 Å². The molecule has 0 saturated heterocycles. The van der Waals surface area contributed by atoms with E-state index in [9.17, 15) is 9.59 Å². The van der Waals surface area contributed by atoms with Crippen molar-refractivity contribution < 1.29 is 13.9 Å². The first kappa shape index (κ1) is 16.7. The number of rotatable bonds is 5. The fraction of sp³-hybridized carbons (Fsp3) is 0.176. The summed E-state index contributed by atoms with van der Waals surface area (Å²) in [7, 11) is 1.56. The lowest BCUT2D eigenvalue weighted by Crippen LogP contribution is -2.29. The molecule has 1 amide bonds. The van der Waals surface area contributed by atoms with Crippen molar-refractivity contribution in [3.63, 3.8) is 0 Å². The van der Waals surface area contributed by atoms with Gasteiger partial charge in [-0.1, -0.05) is 23.7 Å². The van der Waals surface area contributed by atoms with E-state index in [1.165, 1.54) is 17.4 Å². The van der Waals surface area contributed by atoms with Crippen LogP contribution in [0.25, 0.3) is 11.0 Å². The van der Waals surface area contributed by atoms with E-state index >= 15 is 0 Å². The van der Waals surface area contributed by atoms with Crippen LogP contribution in [0, 0.1) is 0 Å². The number of ether oxygens (including phenoxy) is 1. The molecule has 0 aliphatic heterocycles. The second kappa shape index (κ2) is 7.17. The number of carbonyl (C=O) groups is 1. The topological polar surface area (TPSA) is 68.5 Å². The Balaban J connectivity index is 1.76. The zero-order valence-electron chi connectivity index (χ0n) is 12.7. The third-order valence-electron chi connectivity index (χ3n) is 3.50. The molecule has 2 aromatic heterocycles. The van der Waals surface area contributed by atoms with Crippen LogP contribution in [0.4, 0.5) is 0 Å². The van der Waals surface area contributed by atoms with Crippen molar-refractivity contribution in [2.24, 2.45) is 0 Å². The molecule has 0 aliphatic rings. The van der Waals surface area contributed by atoms with Gasteiger partial charge in [0.05, 0.1) is 9.72 Å². The van der Waals surface area contributed by atoms with Gasteiger partial charge in [-0.2, -0.15) is 0 Å². The lowest BCUT2D eigenvalue weighted by Gasteiger charge is -2.14. The van der Waals surface area contributed by atoms with Crippen molar-refractivity contribution in [3.8, 4) is 0 Å². The second-order valence-corrected chi connectivity index (χ2v) is 6.79. The van der Waals surface area contributed by atoms with E-state index in [0.717, 1.165) is 4.88 Å². The summed E-state index contributed by atoms with van der Waals surface area (Å²) in [5.74, 6) is -0.500. The van der Waals surface area contributed by atoms with Gasteiger partial charge >= 0.3 is 0 Å². The number of halogens is 1. The number of hydrogen-bond donors (Lipinski definition) is 1. The molecule has 2 heterocycles. The number of hydrogen-bond acceptors (Lipinski definition) is 5. The molecular formula is C17H14ClNO4S. The Morgan fingerprint density at radius 2 is 2.12 bits per heavy atom. The summed E-state index contributed by atoms with van der Waals surface area (Å²) in [6.45, 7) is 0.239. The first-order valence-electron chi connectivity index (χ1n) is 7.17. The van der Waals surface area contributed by atoms with Crippen molar-refractivity contribution in [3.05, 3.63) is 67.7 Å². The summed E-state index contributed by atoms with van der Waals surface area (Å²) in [5.41, 5.74) is 0.124. The third-order valence-corrected chi connectivity index (χ3v) is 4.83. The van der Waals surface area contributed by atoms with Crippen molar-refractivity contribution >= 4 is 39.8 Å². The lowest BCUT2D eigenvalue weighted by molar-refractivity contribution is 0.0816. The molecule has 1 aromatic carbocycles. The molecule has 7 heteroatoms. The van der Waals surface area contributed by atoms with E-state index in [0.29, 0.717) is 15.3 Å². The SMILES string of the molecule is CO[C@H](CNC(=O)c1cc(=O)c2ccccc2o1)c1ccc(Cl)s1. The maximum atomic E-state index is 12.3. The highest BCUT2D eigenvalue weighted by Gasteiger charge is 2.17. The summed E-state index contributed by atoms with van der Waals surface area (Å²) < 4.78 is 11.5. The van der Waals surface area contributed by atoms with Crippen LogP contribution < -0.4 is 10.7 Å². The van der Waals surface area contributed by atoms with Crippen LogP contribution in [0.2, 0.25) is 4.34 Å². The fourth-order valence-corrected chi connectivity index (χ4v) is 3.43. The average molecular weight is 364 g/mol. The van der Waals surface area contributed by atoms with Gasteiger partial charge in [-0.25, -0.2) is 0 Å². The van der Waals surface area contributed by atoms with Crippen LogP contribution in [0.1, 0.15) is 21.5 Å². The van der Waals surface area contributed by atoms with Crippen molar-refractivity contribution in [2.75, 3.05) is 13.7 Å². The molecule has 0 spiro atoms. The standard InChI is InChI=1S/C17H14ClNO4S/c1-22-14(15-6-7-16(18)24-15)9-19-17(21)13-8-11(20)10-4-2-3-5-12(10)23-13/h2-8,14H,9H2,1H3,(H,19,21)/t14-/m1/s1. The Morgan fingerprint density at radius 3 is 2.83 bits per heavy atom. The van der Waals surface area contributed by atoms with Crippen LogP contribution >= 0.6 is 22.9 Å². The quantitative estimate of drug-likeness (QED) is 0.751. The van der Waals surface area contributed by atoms with Gasteiger partial charge in [-0.15, -0.1) is 11.3 Å². The Morgan fingerprint density at radius 1 is 1.33 bits per heavy atom. The Kier molecular flexibility index (Phi) is 4.99. The van der Waals surface area contributed by atoms with Gasteiger partial charge in [-0.3, -0.25) is 9.59 Å². The van der Waals surface area contributed by atoms with E-state index in [1.54, 1.807) is 37.4 Å². The highest BCUT2D eigenvalue weighted by atomic mass is 35.5. The zero-order valence-corrected chi connectivity index (χ0v) is 14.3. The van der Waals surface area contributed by atoms with Crippen LogP contribution in [0.3, 0.4) is 0 Å². The van der Waals surface area contributed by atoms with Gasteiger partial charge in [0, 0.05) is 24.6 Å². The molecule has 0 aliphatic carbocycles. The van der Waals surface area contributed by atoms with Gasteiger partial charge in [0.1, 0.15) is 11.7 Å². The van der Waals surface area contributed by atoms with E-state index in [-0.39, 0.29) is 23.8 Å². The van der Waals surface area contributed by atoms with Crippen molar-refractivity contribution in [1.82, 2.24) is 5.32 Å². The first-order chi connectivity index (χ1) is 11.6. The second-order valence-electron chi connectivity index (χ2n) is 5.05. The number of amides is 1. The number of methoxy groups -OCH3 is 1. The zero-order chi connectivity index (χ0) is 17.1. The van der Waals surface area contributed by atoms with E-state index in [1.807, 2.05) is 6.07 Å². The van der Waals surface area contributed by atoms with Gasteiger partial charge < -0.3 is 14.5 Å². The highest BCUT2D eigenvalue weighted by molar-refractivity contribution is 7.16. The molecule has 1 atom stereocenters. The Labute approximate surface area is 146 Å². The van der Waals surface area contributed by atoms with Crippen LogP contribution in [-0.4, -0.2) is 19.6 Å². The number of nitrogens with one attached hydrogen (secondary N) is 1. The molecular weight excluding hydrogens is 350 g/mol. The highest BCUT2D eigenvalue weighted by Crippen LogP contribution is 2.28. The summed E-state index contributed by atoms with van der Waals surface area (Å²) in [6.07, 6.45) is -0.321. The molecule has 24 heavy (non-hydrogen) atoms. The molecule has 3 rings (SSSR count). The third kappa shape index (κ3) is 3.51. The molecule has 3 aromatic rings. The predicted octanol–water partition coefficient (Wildman–Crippen LogP) is 3.63. The summed E-state index contributed by atoms with van der Waals surface area (Å²) >= 11 is 7.31. The van der Waals surface area contributed by atoms with E-state index in [2.05, 4.69) is 5.32 Å². The van der Waals surface area contributed by atoms with Gasteiger partial charge in [-0.05, 0) is 24.3 Å². The molecule has 0 saturated carbocycles. The average Bonchev–Trinajstić information content (AvgIpc) is 3.01. The molecule has 1 N–H and O–H groups in total. The molecule has 0 bridgehead atoms. The molecule has 0 unspecified atom stereocenters. The maximum absolute atomic E-state index is 12.3. The first-order valence-corrected chi connectivity index (χ1v) is 8.37. The van der Waals surface area contributed by atoms with E-state index < -0.39 is 5.91 Å². The molecule has 5 nitrogen and oxygen atoms in total. The number of fused-ring (bicyclic) bond motifs is 1. The van der Waals surface area contributed by atoms with Crippen LogP contribution in [0.15, 0.2) is 51.7 Å². The molecule has 0 radical (unpaired) electrons.